The third kappa shape index (κ3) is 1.25. The molecule has 0 aliphatic carbocycles. The van der Waals surface area contributed by atoms with Gasteiger partial charge in [-0.15, -0.1) is 0 Å². The van der Waals surface area contributed by atoms with Gasteiger partial charge in [-0.25, -0.2) is 0 Å². The minimum atomic E-state index is 0.382. The minimum Gasteiger partial charge on any atom is -0.265 e. The van der Waals surface area contributed by atoms with E-state index in [-0.39, 0.29) is 0 Å². The Morgan fingerprint density at radius 3 is 2.93 bits per heavy atom. The van der Waals surface area contributed by atoms with E-state index in [0.717, 1.165) is 23.1 Å². The van der Waals surface area contributed by atoms with Crippen molar-refractivity contribution in [2.75, 3.05) is 0 Å². The van der Waals surface area contributed by atoms with Gasteiger partial charge in [0, 0.05) is 11.9 Å². The molecular weight excluding hydrogens is 174 g/mol. The molecule has 2 aromatic rings. The Labute approximate surface area is 82.6 Å². The van der Waals surface area contributed by atoms with Crippen LogP contribution in [0.3, 0.4) is 0 Å². The molecule has 0 atom stereocenters. The van der Waals surface area contributed by atoms with E-state index in [1.54, 1.807) is 0 Å². The van der Waals surface area contributed by atoms with Crippen molar-refractivity contribution in [1.29, 1.82) is 5.26 Å². The van der Waals surface area contributed by atoms with Crippen molar-refractivity contribution in [3.8, 4) is 6.07 Å². The maximum atomic E-state index is 8.66. The van der Waals surface area contributed by atoms with Crippen molar-refractivity contribution in [3.63, 3.8) is 0 Å². The van der Waals surface area contributed by atoms with Crippen LogP contribution < -0.4 is 0 Å². The standard InChI is InChI=1S/C11H11N3/c1-2-14-11-6-4-3-5-9(11)10(13-14)7-8-12/h3-6H,2,7H2,1H3. The van der Waals surface area contributed by atoms with Crippen LogP contribution in [0.1, 0.15) is 12.6 Å². The van der Waals surface area contributed by atoms with Crippen molar-refractivity contribution >= 4 is 10.9 Å². The predicted octanol–water partition coefficient (Wildman–Crippen LogP) is 2.12. The van der Waals surface area contributed by atoms with Gasteiger partial charge in [-0.2, -0.15) is 10.4 Å². The van der Waals surface area contributed by atoms with Crippen LogP contribution >= 0.6 is 0 Å². The zero-order chi connectivity index (χ0) is 9.97. The predicted molar refractivity (Wildman–Crippen MR) is 54.7 cm³/mol. The van der Waals surface area contributed by atoms with Gasteiger partial charge in [0.05, 0.1) is 23.7 Å². The first kappa shape index (κ1) is 8.76. The average Bonchev–Trinajstić information content (AvgIpc) is 2.58. The Bertz CT molecular complexity index is 491. The molecule has 1 heterocycles. The second kappa shape index (κ2) is 3.51. The Hall–Kier alpha value is -1.82. The van der Waals surface area contributed by atoms with Crippen LogP contribution in [0.25, 0.3) is 10.9 Å². The van der Waals surface area contributed by atoms with E-state index in [9.17, 15) is 0 Å². The summed E-state index contributed by atoms with van der Waals surface area (Å²) in [4.78, 5) is 0. The number of rotatable bonds is 2. The number of nitriles is 1. The Balaban J connectivity index is 2.68. The molecule has 0 bridgehead atoms. The number of hydrogen-bond acceptors (Lipinski definition) is 2. The zero-order valence-corrected chi connectivity index (χ0v) is 8.07. The summed E-state index contributed by atoms with van der Waals surface area (Å²) >= 11 is 0. The molecule has 0 N–H and O–H groups in total. The summed E-state index contributed by atoms with van der Waals surface area (Å²) in [7, 11) is 0. The van der Waals surface area contributed by atoms with Crippen molar-refractivity contribution in [2.24, 2.45) is 0 Å². The van der Waals surface area contributed by atoms with Gasteiger partial charge in [-0.1, -0.05) is 18.2 Å². The fraction of sp³-hybridized carbons (Fsp3) is 0.273. The fourth-order valence-corrected chi connectivity index (χ4v) is 1.64. The first-order chi connectivity index (χ1) is 6.86. The molecule has 1 aromatic carbocycles. The van der Waals surface area contributed by atoms with Gasteiger partial charge < -0.3 is 0 Å². The Kier molecular flexibility index (Phi) is 2.19. The van der Waals surface area contributed by atoms with Crippen LogP contribution in [0.4, 0.5) is 0 Å². The highest BCUT2D eigenvalue weighted by Crippen LogP contribution is 2.18. The molecule has 0 spiro atoms. The second-order valence-corrected chi connectivity index (χ2v) is 3.11. The molecule has 3 nitrogen and oxygen atoms in total. The summed E-state index contributed by atoms with van der Waals surface area (Å²) in [5.74, 6) is 0. The van der Waals surface area contributed by atoms with Crippen LogP contribution in [-0.4, -0.2) is 9.78 Å². The van der Waals surface area contributed by atoms with Crippen molar-refractivity contribution < 1.29 is 0 Å². The van der Waals surface area contributed by atoms with E-state index >= 15 is 0 Å². The number of nitrogens with zero attached hydrogens (tertiary/aromatic N) is 3. The third-order valence-electron chi connectivity index (χ3n) is 2.28. The maximum Gasteiger partial charge on any atom is 0.0843 e. The highest BCUT2D eigenvalue weighted by Gasteiger charge is 2.07. The minimum absolute atomic E-state index is 0.382. The monoisotopic (exact) mass is 185 g/mol. The van der Waals surface area contributed by atoms with Crippen molar-refractivity contribution in [1.82, 2.24) is 9.78 Å². The van der Waals surface area contributed by atoms with Crippen LogP contribution in [0.5, 0.6) is 0 Å². The number of fused-ring (bicyclic) bond motifs is 1. The molecule has 3 heteroatoms. The van der Waals surface area contributed by atoms with E-state index in [2.05, 4.69) is 18.1 Å². The molecule has 1 aromatic heterocycles. The topological polar surface area (TPSA) is 41.6 Å². The molecule has 0 amide bonds. The van der Waals surface area contributed by atoms with Gasteiger partial charge in [0.25, 0.3) is 0 Å². The molecule has 14 heavy (non-hydrogen) atoms. The molecule has 0 unspecified atom stereocenters. The summed E-state index contributed by atoms with van der Waals surface area (Å²) in [6.07, 6.45) is 0.382. The number of hydrogen-bond donors (Lipinski definition) is 0. The normalized spacial score (nSPS) is 10.3. The number of aromatic nitrogens is 2. The van der Waals surface area contributed by atoms with Crippen molar-refractivity contribution in [3.05, 3.63) is 30.0 Å². The van der Waals surface area contributed by atoms with E-state index < -0.39 is 0 Å². The molecule has 0 radical (unpaired) electrons. The number of para-hydroxylation sites is 1. The van der Waals surface area contributed by atoms with E-state index in [4.69, 9.17) is 5.26 Å². The van der Waals surface area contributed by atoms with Crippen LogP contribution in [0, 0.1) is 11.3 Å². The van der Waals surface area contributed by atoms with Gasteiger partial charge in [0.1, 0.15) is 0 Å². The summed E-state index contributed by atoms with van der Waals surface area (Å²) in [6, 6.07) is 10.2. The SMILES string of the molecule is CCn1nc(CC#N)c2ccccc21. The molecule has 0 saturated carbocycles. The smallest absolute Gasteiger partial charge is 0.0843 e. The zero-order valence-electron chi connectivity index (χ0n) is 8.07. The van der Waals surface area contributed by atoms with Crippen LogP contribution in [0.15, 0.2) is 24.3 Å². The number of aryl methyl sites for hydroxylation is 1. The lowest BCUT2D eigenvalue weighted by Crippen LogP contribution is -1.96. The lowest BCUT2D eigenvalue weighted by molar-refractivity contribution is 0.673. The average molecular weight is 185 g/mol. The molecule has 70 valence electrons. The first-order valence-electron chi connectivity index (χ1n) is 4.68. The summed E-state index contributed by atoms with van der Waals surface area (Å²) in [5, 5.41) is 14.1. The van der Waals surface area contributed by atoms with E-state index in [1.807, 2.05) is 28.9 Å². The quantitative estimate of drug-likeness (QED) is 0.719. The lowest BCUT2D eigenvalue weighted by Gasteiger charge is -1.95. The Morgan fingerprint density at radius 2 is 2.21 bits per heavy atom. The van der Waals surface area contributed by atoms with Crippen LogP contribution in [0.2, 0.25) is 0 Å². The first-order valence-corrected chi connectivity index (χ1v) is 4.68. The van der Waals surface area contributed by atoms with Gasteiger partial charge in [0.2, 0.25) is 0 Å². The van der Waals surface area contributed by atoms with Crippen molar-refractivity contribution in [2.45, 2.75) is 19.9 Å². The van der Waals surface area contributed by atoms with Gasteiger partial charge in [-0.05, 0) is 13.0 Å². The molecule has 0 saturated heterocycles. The third-order valence-corrected chi connectivity index (χ3v) is 2.28. The summed E-state index contributed by atoms with van der Waals surface area (Å²) in [5.41, 5.74) is 1.99. The van der Waals surface area contributed by atoms with Gasteiger partial charge in [0.15, 0.2) is 0 Å². The highest BCUT2D eigenvalue weighted by molar-refractivity contribution is 5.82. The summed E-state index contributed by atoms with van der Waals surface area (Å²) < 4.78 is 1.93. The molecule has 2 rings (SSSR count). The molecule has 0 aliphatic rings. The van der Waals surface area contributed by atoms with Crippen LogP contribution in [-0.2, 0) is 13.0 Å². The molecular formula is C11H11N3. The van der Waals surface area contributed by atoms with Gasteiger partial charge >= 0.3 is 0 Å². The van der Waals surface area contributed by atoms with E-state index in [0.29, 0.717) is 6.42 Å². The largest absolute Gasteiger partial charge is 0.265 e. The summed E-state index contributed by atoms with van der Waals surface area (Å²) in [6.45, 7) is 2.89. The lowest BCUT2D eigenvalue weighted by atomic mass is 10.2. The second-order valence-electron chi connectivity index (χ2n) is 3.11. The Morgan fingerprint density at radius 1 is 1.43 bits per heavy atom. The maximum absolute atomic E-state index is 8.66. The highest BCUT2D eigenvalue weighted by atomic mass is 15.3. The van der Waals surface area contributed by atoms with E-state index in [1.165, 1.54) is 0 Å². The van der Waals surface area contributed by atoms with Gasteiger partial charge in [-0.3, -0.25) is 4.68 Å². The fourth-order valence-electron chi connectivity index (χ4n) is 1.64. The molecule has 0 fully saturated rings. The number of benzene rings is 1. The molecule has 0 aliphatic heterocycles.